The summed E-state index contributed by atoms with van der Waals surface area (Å²) in [5, 5.41) is 4.77. The van der Waals surface area contributed by atoms with E-state index in [1.54, 1.807) is 17.4 Å². The number of nitrogens with one attached hydrogen (secondary N) is 1. The van der Waals surface area contributed by atoms with Crippen molar-refractivity contribution in [2.75, 3.05) is 6.54 Å². The second-order valence-corrected chi connectivity index (χ2v) is 6.89. The molecule has 112 valence electrons. The molecule has 0 spiro atoms. The summed E-state index contributed by atoms with van der Waals surface area (Å²) in [6, 6.07) is 4.51. The van der Waals surface area contributed by atoms with Crippen LogP contribution in [0.1, 0.15) is 42.7 Å². The molecule has 0 atom stereocenters. The summed E-state index contributed by atoms with van der Waals surface area (Å²) in [5.41, 5.74) is 2.03. The Morgan fingerprint density at radius 1 is 1.43 bits per heavy atom. The van der Waals surface area contributed by atoms with E-state index in [9.17, 15) is 4.39 Å². The topological polar surface area (TPSA) is 24.9 Å². The Bertz CT molecular complexity index is 637. The molecule has 2 nitrogen and oxygen atoms in total. The van der Waals surface area contributed by atoms with Gasteiger partial charge in [0.25, 0.3) is 0 Å². The third-order valence-electron chi connectivity index (χ3n) is 3.57. The lowest BCUT2D eigenvalue weighted by molar-refractivity contribution is 0.628. The SMILES string of the molecule is CCCNCc1sc(-c2ccc(F)cc2Cl)nc1C1CC1. The number of benzene rings is 1. The Morgan fingerprint density at radius 3 is 2.90 bits per heavy atom. The highest BCUT2D eigenvalue weighted by molar-refractivity contribution is 7.15. The molecule has 1 saturated carbocycles. The molecule has 1 aromatic heterocycles. The van der Waals surface area contributed by atoms with Crippen LogP contribution in [-0.4, -0.2) is 11.5 Å². The maximum atomic E-state index is 13.2. The largest absolute Gasteiger partial charge is 0.312 e. The van der Waals surface area contributed by atoms with Crippen LogP contribution in [0, 0.1) is 5.82 Å². The van der Waals surface area contributed by atoms with Gasteiger partial charge in [-0.05, 0) is 44.0 Å². The Balaban J connectivity index is 1.90. The average Bonchev–Trinajstić information content (AvgIpc) is 3.21. The molecule has 21 heavy (non-hydrogen) atoms. The number of thiazole rings is 1. The predicted octanol–water partition coefficient (Wildman–Crippen LogP) is 4.98. The van der Waals surface area contributed by atoms with Crippen LogP contribution in [0.2, 0.25) is 5.02 Å². The summed E-state index contributed by atoms with van der Waals surface area (Å²) in [6.07, 6.45) is 3.57. The first-order chi connectivity index (χ1) is 10.2. The van der Waals surface area contributed by atoms with Gasteiger partial charge in [-0.1, -0.05) is 18.5 Å². The van der Waals surface area contributed by atoms with E-state index in [2.05, 4.69) is 12.2 Å². The third-order valence-corrected chi connectivity index (χ3v) is 4.98. The van der Waals surface area contributed by atoms with Crippen LogP contribution >= 0.6 is 22.9 Å². The number of nitrogens with zero attached hydrogens (tertiary/aromatic N) is 1. The van der Waals surface area contributed by atoms with E-state index in [0.29, 0.717) is 10.9 Å². The second kappa shape index (κ2) is 6.42. The van der Waals surface area contributed by atoms with Gasteiger partial charge >= 0.3 is 0 Å². The van der Waals surface area contributed by atoms with Gasteiger partial charge in [-0.2, -0.15) is 0 Å². The Hall–Kier alpha value is -0.970. The molecule has 5 heteroatoms. The first-order valence-electron chi connectivity index (χ1n) is 7.34. The zero-order chi connectivity index (χ0) is 14.8. The predicted molar refractivity (Wildman–Crippen MR) is 86.5 cm³/mol. The maximum Gasteiger partial charge on any atom is 0.125 e. The van der Waals surface area contributed by atoms with Crippen molar-refractivity contribution in [3.8, 4) is 10.6 Å². The van der Waals surface area contributed by atoms with Crippen molar-refractivity contribution < 1.29 is 4.39 Å². The van der Waals surface area contributed by atoms with Crippen molar-refractivity contribution in [1.29, 1.82) is 0 Å². The molecule has 0 aliphatic heterocycles. The number of halogens is 2. The molecule has 1 fully saturated rings. The number of hydrogen-bond donors (Lipinski definition) is 1. The molecule has 0 amide bonds. The van der Waals surface area contributed by atoms with Gasteiger partial charge < -0.3 is 5.32 Å². The van der Waals surface area contributed by atoms with E-state index in [4.69, 9.17) is 16.6 Å². The second-order valence-electron chi connectivity index (χ2n) is 5.40. The molecule has 1 aromatic carbocycles. The molecule has 1 aliphatic rings. The molecule has 3 rings (SSSR count). The van der Waals surface area contributed by atoms with E-state index in [1.807, 2.05) is 0 Å². The summed E-state index contributed by atoms with van der Waals surface area (Å²) in [7, 11) is 0. The van der Waals surface area contributed by atoms with Crippen molar-refractivity contribution in [1.82, 2.24) is 10.3 Å². The fourth-order valence-corrected chi connectivity index (χ4v) is 3.79. The van der Waals surface area contributed by atoms with Crippen LogP contribution in [0.3, 0.4) is 0 Å². The summed E-state index contributed by atoms with van der Waals surface area (Å²) in [4.78, 5) is 6.08. The highest BCUT2D eigenvalue weighted by Gasteiger charge is 2.29. The highest BCUT2D eigenvalue weighted by Crippen LogP contribution is 2.45. The van der Waals surface area contributed by atoms with Gasteiger partial charge in [0.05, 0.1) is 10.7 Å². The van der Waals surface area contributed by atoms with E-state index >= 15 is 0 Å². The molecule has 0 bridgehead atoms. The smallest absolute Gasteiger partial charge is 0.125 e. The summed E-state index contributed by atoms with van der Waals surface area (Å²) in [6.45, 7) is 4.02. The first kappa shape index (κ1) is 14.9. The molecule has 1 N–H and O–H groups in total. The van der Waals surface area contributed by atoms with Crippen molar-refractivity contribution >= 4 is 22.9 Å². The van der Waals surface area contributed by atoms with Crippen molar-refractivity contribution in [3.05, 3.63) is 39.6 Å². The van der Waals surface area contributed by atoms with Gasteiger partial charge in [0, 0.05) is 22.9 Å². The van der Waals surface area contributed by atoms with Crippen molar-refractivity contribution in [3.63, 3.8) is 0 Å². The van der Waals surface area contributed by atoms with Gasteiger partial charge in [0.1, 0.15) is 10.8 Å². The van der Waals surface area contributed by atoms with Gasteiger partial charge in [-0.15, -0.1) is 11.3 Å². The molecule has 2 aromatic rings. The minimum Gasteiger partial charge on any atom is -0.312 e. The average molecular weight is 325 g/mol. The molecular weight excluding hydrogens is 307 g/mol. The zero-order valence-electron chi connectivity index (χ0n) is 12.0. The quantitative estimate of drug-likeness (QED) is 0.758. The fourth-order valence-electron chi connectivity index (χ4n) is 2.32. The summed E-state index contributed by atoms with van der Waals surface area (Å²) >= 11 is 7.83. The Labute approximate surface area is 133 Å². The van der Waals surface area contributed by atoms with Crippen LogP contribution in [0.4, 0.5) is 4.39 Å². The molecular formula is C16H18ClFN2S. The van der Waals surface area contributed by atoms with Gasteiger partial charge in [0.15, 0.2) is 0 Å². The van der Waals surface area contributed by atoms with Gasteiger partial charge in [-0.25, -0.2) is 9.37 Å². The normalized spacial score (nSPS) is 14.6. The van der Waals surface area contributed by atoms with E-state index in [0.717, 1.165) is 30.1 Å². The molecule has 0 saturated heterocycles. The Morgan fingerprint density at radius 2 is 2.24 bits per heavy atom. The lowest BCUT2D eigenvalue weighted by Crippen LogP contribution is -2.13. The van der Waals surface area contributed by atoms with Crippen LogP contribution in [-0.2, 0) is 6.54 Å². The van der Waals surface area contributed by atoms with Crippen LogP contribution in [0.5, 0.6) is 0 Å². The highest BCUT2D eigenvalue weighted by atomic mass is 35.5. The number of hydrogen-bond acceptors (Lipinski definition) is 3. The molecule has 1 heterocycles. The minimum absolute atomic E-state index is 0.312. The van der Waals surface area contributed by atoms with Crippen LogP contribution in [0.25, 0.3) is 10.6 Å². The van der Waals surface area contributed by atoms with Crippen molar-refractivity contribution in [2.24, 2.45) is 0 Å². The summed E-state index contributed by atoms with van der Waals surface area (Å²) in [5.74, 6) is 0.292. The molecule has 0 unspecified atom stereocenters. The number of aromatic nitrogens is 1. The van der Waals surface area contributed by atoms with Crippen molar-refractivity contribution in [2.45, 2.75) is 38.6 Å². The van der Waals surface area contributed by atoms with E-state index in [1.165, 1.54) is 35.5 Å². The standard InChI is InChI=1S/C16H18ClFN2S/c1-2-7-19-9-14-15(10-3-4-10)20-16(21-14)12-6-5-11(18)8-13(12)17/h5-6,8,10,19H,2-4,7,9H2,1H3. The van der Waals surface area contributed by atoms with E-state index in [-0.39, 0.29) is 5.82 Å². The lowest BCUT2D eigenvalue weighted by atomic mass is 10.2. The van der Waals surface area contributed by atoms with E-state index < -0.39 is 0 Å². The zero-order valence-corrected chi connectivity index (χ0v) is 13.5. The van der Waals surface area contributed by atoms with Gasteiger partial charge in [-0.3, -0.25) is 0 Å². The van der Waals surface area contributed by atoms with Crippen LogP contribution in [0.15, 0.2) is 18.2 Å². The Kier molecular flexibility index (Phi) is 4.57. The maximum absolute atomic E-state index is 13.2. The third kappa shape index (κ3) is 3.44. The van der Waals surface area contributed by atoms with Crippen LogP contribution < -0.4 is 5.32 Å². The fraction of sp³-hybridized carbons (Fsp3) is 0.438. The molecule has 0 radical (unpaired) electrons. The monoisotopic (exact) mass is 324 g/mol. The minimum atomic E-state index is -0.312. The molecule has 1 aliphatic carbocycles. The number of rotatable bonds is 6. The van der Waals surface area contributed by atoms with Gasteiger partial charge in [0.2, 0.25) is 0 Å². The lowest BCUT2D eigenvalue weighted by Gasteiger charge is -2.01. The summed E-state index contributed by atoms with van der Waals surface area (Å²) < 4.78 is 13.2. The first-order valence-corrected chi connectivity index (χ1v) is 8.54.